The molecule has 1 fully saturated rings. The SMILES string of the molecule is NCC1CCC(F)(F)C1.O=C([O-])C(=O)[O-]. The van der Waals surface area contributed by atoms with E-state index in [0.717, 1.165) is 0 Å². The van der Waals surface area contributed by atoms with Gasteiger partial charge in [0.1, 0.15) is 0 Å². The number of rotatable bonds is 1. The Labute approximate surface area is 84.9 Å². The van der Waals surface area contributed by atoms with Crippen molar-refractivity contribution in [2.45, 2.75) is 25.2 Å². The lowest BCUT2D eigenvalue weighted by atomic mass is 10.1. The molecule has 15 heavy (non-hydrogen) atoms. The van der Waals surface area contributed by atoms with Gasteiger partial charge >= 0.3 is 0 Å². The van der Waals surface area contributed by atoms with Crippen molar-refractivity contribution in [3.05, 3.63) is 0 Å². The number of nitrogens with two attached hydrogens (primary N) is 1. The average molecular weight is 223 g/mol. The lowest BCUT2D eigenvalue weighted by Crippen LogP contribution is -2.42. The third-order valence-corrected chi connectivity index (χ3v) is 2.01. The summed E-state index contributed by atoms with van der Waals surface area (Å²) in [6.07, 6.45) is 0.641. The van der Waals surface area contributed by atoms with Crippen LogP contribution in [0.4, 0.5) is 8.78 Å². The van der Waals surface area contributed by atoms with Crippen LogP contribution in [0.5, 0.6) is 0 Å². The molecule has 1 aliphatic carbocycles. The number of carboxylic acids is 2. The normalized spacial score (nSPS) is 22.7. The van der Waals surface area contributed by atoms with Gasteiger partial charge in [0, 0.05) is 12.8 Å². The number of hydrogen-bond acceptors (Lipinski definition) is 5. The minimum absolute atomic E-state index is 0.00347. The molecule has 1 saturated carbocycles. The van der Waals surface area contributed by atoms with Gasteiger partial charge in [0.2, 0.25) is 5.92 Å². The number of carbonyl (C=O) groups excluding carboxylic acids is 2. The molecular weight excluding hydrogens is 212 g/mol. The average Bonchev–Trinajstić information content (AvgIpc) is 2.46. The molecule has 7 heteroatoms. The molecule has 1 rings (SSSR count). The summed E-state index contributed by atoms with van der Waals surface area (Å²) in [6.45, 7) is 0.412. The van der Waals surface area contributed by atoms with Gasteiger partial charge in [0.25, 0.3) is 0 Å². The van der Waals surface area contributed by atoms with Crippen LogP contribution in [0.1, 0.15) is 19.3 Å². The van der Waals surface area contributed by atoms with E-state index < -0.39 is 17.9 Å². The van der Waals surface area contributed by atoms with E-state index >= 15 is 0 Å². The van der Waals surface area contributed by atoms with Crippen molar-refractivity contribution >= 4 is 11.9 Å². The molecule has 5 nitrogen and oxygen atoms in total. The lowest BCUT2D eigenvalue weighted by Gasteiger charge is -2.06. The third-order valence-electron chi connectivity index (χ3n) is 2.01. The van der Waals surface area contributed by atoms with Crippen molar-refractivity contribution in [2.24, 2.45) is 11.7 Å². The number of alkyl halides is 2. The molecule has 1 atom stereocenters. The lowest BCUT2D eigenvalue weighted by molar-refractivity contribution is -0.345. The first kappa shape index (κ1) is 13.8. The summed E-state index contributed by atoms with van der Waals surface area (Å²) in [5.74, 6) is -6.71. The number of carboxylic acid groups (broad SMARTS) is 2. The van der Waals surface area contributed by atoms with Crippen molar-refractivity contribution < 1.29 is 28.6 Å². The largest absolute Gasteiger partial charge is 0.543 e. The van der Waals surface area contributed by atoms with Crippen LogP contribution in [0.25, 0.3) is 0 Å². The smallest absolute Gasteiger partial charge is 0.248 e. The van der Waals surface area contributed by atoms with Gasteiger partial charge in [-0.05, 0) is 18.9 Å². The minimum atomic E-state index is -2.41. The first-order valence-electron chi connectivity index (χ1n) is 4.28. The topological polar surface area (TPSA) is 106 Å². The van der Waals surface area contributed by atoms with E-state index in [1.165, 1.54) is 0 Å². The maximum Gasteiger partial charge on any atom is 0.248 e. The monoisotopic (exact) mass is 223 g/mol. The van der Waals surface area contributed by atoms with Gasteiger partial charge in [-0.25, -0.2) is 8.78 Å². The van der Waals surface area contributed by atoms with Crippen LogP contribution < -0.4 is 15.9 Å². The Kier molecular flexibility index (Phi) is 5.13. The Bertz CT molecular complexity index is 233. The second kappa shape index (κ2) is 5.59. The molecule has 0 aromatic heterocycles. The highest BCUT2D eigenvalue weighted by Crippen LogP contribution is 2.37. The fourth-order valence-corrected chi connectivity index (χ4v) is 1.24. The van der Waals surface area contributed by atoms with Crippen molar-refractivity contribution in [1.82, 2.24) is 0 Å². The highest BCUT2D eigenvalue weighted by atomic mass is 19.3. The van der Waals surface area contributed by atoms with Gasteiger partial charge in [-0.15, -0.1) is 0 Å². The summed E-state index contributed by atoms with van der Waals surface area (Å²) in [5, 5.41) is 17.9. The zero-order chi connectivity index (χ0) is 12.1. The molecule has 88 valence electrons. The minimum Gasteiger partial charge on any atom is -0.543 e. The van der Waals surface area contributed by atoms with E-state index in [1.54, 1.807) is 0 Å². The van der Waals surface area contributed by atoms with Crippen molar-refractivity contribution in [3.63, 3.8) is 0 Å². The highest BCUT2D eigenvalue weighted by molar-refractivity contribution is 6.25. The molecule has 0 radical (unpaired) electrons. The van der Waals surface area contributed by atoms with Crippen molar-refractivity contribution in [1.29, 1.82) is 0 Å². The van der Waals surface area contributed by atoms with Gasteiger partial charge in [-0.2, -0.15) is 0 Å². The summed E-state index contributed by atoms with van der Waals surface area (Å²) in [6, 6.07) is 0. The summed E-state index contributed by atoms with van der Waals surface area (Å²) >= 11 is 0. The maximum absolute atomic E-state index is 12.3. The first-order chi connectivity index (χ1) is 6.78. The Morgan fingerprint density at radius 2 is 1.80 bits per heavy atom. The molecule has 0 amide bonds. The second-order valence-electron chi connectivity index (χ2n) is 3.28. The van der Waals surface area contributed by atoms with E-state index in [0.29, 0.717) is 13.0 Å². The number of hydrogen-bond donors (Lipinski definition) is 1. The zero-order valence-corrected chi connectivity index (χ0v) is 7.87. The quantitative estimate of drug-likeness (QED) is 0.511. The molecule has 0 saturated heterocycles. The van der Waals surface area contributed by atoms with E-state index in [9.17, 15) is 8.78 Å². The van der Waals surface area contributed by atoms with Crippen LogP contribution >= 0.6 is 0 Å². The van der Waals surface area contributed by atoms with Gasteiger partial charge in [-0.1, -0.05) is 0 Å². The van der Waals surface area contributed by atoms with Crippen molar-refractivity contribution in [3.8, 4) is 0 Å². The molecule has 0 aliphatic heterocycles. The molecule has 0 aromatic carbocycles. The molecular formula is C8H11F2NO4-2. The second-order valence-corrected chi connectivity index (χ2v) is 3.28. The molecule has 2 N–H and O–H groups in total. The van der Waals surface area contributed by atoms with Gasteiger partial charge < -0.3 is 25.5 Å². The van der Waals surface area contributed by atoms with E-state index in [-0.39, 0.29) is 18.8 Å². The van der Waals surface area contributed by atoms with E-state index in [4.69, 9.17) is 25.5 Å². The molecule has 0 heterocycles. The summed E-state index contributed by atoms with van der Waals surface area (Å²) in [7, 11) is 0. The fourth-order valence-electron chi connectivity index (χ4n) is 1.24. The van der Waals surface area contributed by atoms with Gasteiger partial charge in [-0.3, -0.25) is 0 Å². The molecule has 0 bridgehead atoms. The van der Waals surface area contributed by atoms with Crippen LogP contribution in [0, 0.1) is 5.92 Å². The summed E-state index contributed by atoms with van der Waals surface area (Å²) in [4.78, 5) is 17.9. The van der Waals surface area contributed by atoms with Crippen molar-refractivity contribution in [2.75, 3.05) is 6.54 Å². The molecule has 1 aliphatic rings. The molecule has 1 unspecified atom stereocenters. The predicted molar refractivity (Wildman–Crippen MR) is 41.4 cm³/mol. The predicted octanol–water partition coefficient (Wildman–Crippen LogP) is -2.13. The number of carbonyl (C=O) groups is 2. The highest BCUT2D eigenvalue weighted by Gasteiger charge is 2.38. The van der Waals surface area contributed by atoms with Crippen LogP contribution in [-0.2, 0) is 9.59 Å². The zero-order valence-electron chi connectivity index (χ0n) is 7.87. The molecule has 0 spiro atoms. The van der Waals surface area contributed by atoms with Crippen LogP contribution in [0.2, 0.25) is 0 Å². The maximum atomic E-state index is 12.3. The van der Waals surface area contributed by atoms with E-state index in [2.05, 4.69) is 0 Å². The standard InChI is InChI=1S/C6H11F2N.C2H2O4/c7-6(8)2-1-5(3-6)4-9;3-1(4)2(5)6/h5H,1-4,9H2;(H,3,4)(H,5,6)/p-2. The van der Waals surface area contributed by atoms with Crippen LogP contribution in [-0.4, -0.2) is 24.4 Å². The first-order valence-corrected chi connectivity index (χ1v) is 4.28. The van der Waals surface area contributed by atoms with Gasteiger partial charge in [0.15, 0.2) is 0 Å². The molecule has 0 aromatic rings. The Morgan fingerprint density at radius 1 is 1.33 bits per heavy atom. The third kappa shape index (κ3) is 5.95. The Balaban J connectivity index is 0.000000288. The Hall–Kier alpha value is -1.24. The number of aliphatic carboxylic acids is 2. The Morgan fingerprint density at radius 3 is 1.93 bits per heavy atom. The van der Waals surface area contributed by atoms with E-state index in [1.807, 2.05) is 0 Å². The van der Waals surface area contributed by atoms with Gasteiger partial charge in [0.05, 0.1) is 11.9 Å². The van der Waals surface area contributed by atoms with Crippen LogP contribution in [0.15, 0.2) is 0 Å². The summed E-state index contributed by atoms with van der Waals surface area (Å²) in [5.41, 5.74) is 5.22. The summed E-state index contributed by atoms with van der Waals surface area (Å²) < 4.78 is 24.7. The number of halogens is 2. The fraction of sp³-hybridized carbons (Fsp3) is 0.750. The van der Waals surface area contributed by atoms with Crippen LogP contribution in [0.3, 0.4) is 0 Å².